The SMILES string of the molecule is O=C(COc1cccnc1)N1CCNCCC12CCOCC2. The lowest BCUT2D eigenvalue weighted by molar-refractivity contribution is -0.143. The standard InChI is InChI=1S/C16H23N3O3/c20-15(13-22-14-2-1-6-18-12-14)19-9-8-17-7-3-16(19)4-10-21-11-5-16/h1-2,6,12,17H,3-5,7-11,13H2. The molecule has 120 valence electrons. The highest BCUT2D eigenvalue weighted by molar-refractivity contribution is 5.78. The van der Waals surface area contributed by atoms with E-state index in [4.69, 9.17) is 9.47 Å². The number of aromatic nitrogens is 1. The monoisotopic (exact) mass is 305 g/mol. The second kappa shape index (κ2) is 7.07. The van der Waals surface area contributed by atoms with Crippen LogP contribution >= 0.6 is 0 Å². The van der Waals surface area contributed by atoms with E-state index in [2.05, 4.69) is 10.3 Å². The van der Waals surface area contributed by atoms with Gasteiger partial charge in [0.05, 0.1) is 6.20 Å². The Morgan fingerprint density at radius 2 is 2.23 bits per heavy atom. The topological polar surface area (TPSA) is 63.7 Å². The lowest BCUT2D eigenvalue weighted by atomic mass is 9.84. The molecule has 0 saturated carbocycles. The molecule has 0 aliphatic carbocycles. The van der Waals surface area contributed by atoms with Crippen molar-refractivity contribution in [3.63, 3.8) is 0 Å². The minimum Gasteiger partial charge on any atom is -0.482 e. The van der Waals surface area contributed by atoms with Crippen LogP contribution in [0.2, 0.25) is 0 Å². The van der Waals surface area contributed by atoms with Crippen molar-refractivity contribution in [3.05, 3.63) is 24.5 Å². The first kappa shape index (κ1) is 15.2. The first-order valence-corrected chi connectivity index (χ1v) is 7.92. The van der Waals surface area contributed by atoms with Gasteiger partial charge in [0.1, 0.15) is 5.75 Å². The number of ether oxygens (including phenoxy) is 2. The van der Waals surface area contributed by atoms with Crippen molar-refractivity contribution in [2.24, 2.45) is 0 Å². The van der Waals surface area contributed by atoms with Gasteiger partial charge in [0, 0.05) is 38.0 Å². The van der Waals surface area contributed by atoms with Gasteiger partial charge < -0.3 is 19.7 Å². The summed E-state index contributed by atoms with van der Waals surface area (Å²) in [5.41, 5.74) is -0.0723. The molecule has 22 heavy (non-hydrogen) atoms. The predicted octanol–water partition coefficient (Wildman–Crippen LogP) is 0.831. The van der Waals surface area contributed by atoms with Crippen LogP contribution in [0.15, 0.2) is 24.5 Å². The number of rotatable bonds is 3. The molecular formula is C16H23N3O3. The molecule has 2 aliphatic heterocycles. The molecule has 2 saturated heterocycles. The third-order valence-electron chi connectivity index (χ3n) is 4.57. The van der Waals surface area contributed by atoms with E-state index in [0.717, 1.165) is 52.1 Å². The molecule has 1 N–H and O–H groups in total. The van der Waals surface area contributed by atoms with Gasteiger partial charge >= 0.3 is 0 Å². The molecule has 0 bridgehead atoms. The molecular weight excluding hydrogens is 282 g/mol. The van der Waals surface area contributed by atoms with E-state index in [1.54, 1.807) is 18.5 Å². The van der Waals surface area contributed by atoms with E-state index >= 15 is 0 Å². The summed E-state index contributed by atoms with van der Waals surface area (Å²) in [6.07, 6.45) is 6.11. The largest absolute Gasteiger partial charge is 0.482 e. The van der Waals surface area contributed by atoms with Gasteiger partial charge in [-0.05, 0) is 37.9 Å². The van der Waals surface area contributed by atoms with E-state index < -0.39 is 0 Å². The highest BCUT2D eigenvalue weighted by Gasteiger charge is 2.41. The minimum atomic E-state index is -0.0723. The quantitative estimate of drug-likeness (QED) is 0.896. The molecule has 1 spiro atoms. The van der Waals surface area contributed by atoms with Crippen LogP contribution in [-0.2, 0) is 9.53 Å². The number of hydrogen-bond donors (Lipinski definition) is 1. The van der Waals surface area contributed by atoms with Gasteiger partial charge in [-0.25, -0.2) is 0 Å². The molecule has 1 aromatic heterocycles. The zero-order valence-corrected chi connectivity index (χ0v) is 12.8. The van der Waals surface area contributed by atoms with Crippen LogP contribution in [0.25, 0.3) is 0 Å². The number of carbonyl (C=O) groups excluding carboxylic acids is 1. The Morgan fingerprint density at radius 3 is 3.00 bits per heavy atom. The number of nitrogens with one attached hydrogen (secondary N) is 1. The van der Waals surface area contributed by atoms with E-state index in [-0.39, 0.29) is 18.1 Å². The summed E-state index contributed by atoms with van der Waals surface area (Å²) in [5.74, 6) is 0.680. The van der Waals surface area contributed by atoms with E-state index in [1.165, 1.54) is 0 Å². The zero-order valence-electron chi connectivity index (χ0n) is 12.8. The van der Waals surface area contributed by atoms with Gasteiger partial charge in [-0.1, -0.05) is 0 Å². The van der Waals surface area contributed by atoms with Crippen molar-refractivity contribution in [1.29, 1.82) is 0 Å². The van der Waals surface area contributed by atoms with Crippen LogP contribution in [0, 0.1) is 0 Å². The van der Waals surface area contributed by atoms with Crippen molar-refractivity contribution in [3.8, 4) is 5.75 Å². The summed E-state index contributed by atoms with van der Waals surface area (Å²) >= 11 is 0. The molecule has 0 radical (unpaired) electrons. The zero-order chi connectivity index (χ0) is 15.3. The van der Waals surface area contributed by atoms with Crippen molar-refractivity contribution < 1.29 is 14.3 Å². The number of nitrogens with zero attached hydrogens (tertiary/aromatic N) is 2. The van der Waals surface area contributed by atoms with Crippen molar-refractivity contribution in [2.45, 2.75) is 24.8 Å². The van der Waals surface area contributed by atoms with Crippen LogP contribution in [-0.4, -0.2) is 60.8 Å². The second-order valence-electron chi connectivity index (χ2n) is 5.86. The number of hydrogen-bond acceptors (Lipinski definition) is 5. The average molecular weight is 305 g/mol. The molecule has 0 atom stereocenters. The molecule has 1 amide bonds. The average Bonchev–Trinajstić information content (AvgIpc) is 2.77. The first-order chi connectivity index (χ1) is 10.8. The van der Waals surface area contributed by atoms with Crippen molar-refractivity contribution >= 4 is 5.91 Å². The third-order valence-corrected chi connectivity index (χ3v) is 4.57. The van der Waals surface area contributed by atoms with Gasteiger partial charge in [-0.15, -0.1) is 0 Å². The Kier molecular flexibility index (Phi) is 4.90. The maximum Gasteiger partial charge on any atom is 0.261 e. The highest BCUT2D eigenvalue weighted by Crippen LogP contribution is 2.32. The molecule has 6 heteroatoms. The van der Waals surface area contributed by atoms with E-state index in [9.17, 15) is 4.79 Å². The summed E-state index contributed by atoms with van der Waals surface area (Å²) in [4.78, 5) is 18.7. The molecule has 0 unspecified atom stereocenters. The molecule has 6 nitrogen and oxygen atoms in total. The van der Waals surface area contributed by atoms with Crippen LogP contribution in [0.5, 0.6) is 5.75 Å². The van der Waals surface area contributed by atoms with Crippen molar-refractivity contribution in [2.75, 3.05) is 39.5 Å². The molecule has 3 heterocycles. The normalized spacial score (nSPS) is 21.4. The smallest absolute Gasteiger partial charge is 0.261 e. The van der Waals surface area contributed by atoms with Gasteiger partial charge in [0.2, 0.25) is 0 Å². The van der Waals surface area contributed by atoms with Gasteiger partial charge in [0.15, 0.2) is 6.61 Å². The van der Waals surface area contributed by atoms with Gasteiger partial charge in [0.25, 0.3) is 5.91 Å². The molecule has 3 rings (SSSR count). The summed E-state index contributed by atoms with van der Waals surface area (Å²) in [7, 11) is 0. The van der Waals surface area contributed by atoms with Crippen LogP contribution < -0.4 is 10.1 Å². The lowest BCUT2D eigenvalue weighted by Crippen LogP contribution is -2.56. The third kappa shape index (κ3) is 3.39. The van der Waals surface area contributed by atoms with Crippen LogP contribution in [0.4, 0.5) is 0 Å². The Balaban J connectivity index is 1.67. The fourth-order valence-electron chi connectivity index (χ4n) is 3.33. The maximum absolute atomic E-state index is 12.7. The Hall–Kier alpha value is -1.66. The summed E-state index contributed by atoms with van der Waals surface area (Å²) < 4.78 is 11.1. The predicted molar refractivity (Wildman–Crippen MR) is 81.7 cm³/mol. The fourth-order valence-corrected chi connectivity index (χ4v) is 3.33. The Labute approximate surface area is 130 Å². The van der Waals surface area contributed by atoms with Crippen molar-refractivity contribution in [1.82, 2.24) is 15.2 Å². The summed E-state index contributed by atoms with van der Waals surface area (Å²) in [6.45, 7) is 4.04. The Morgan fingerprint density at radius 1 is 1.36 bits per heavy atom. The second-order valence-corrected chi connectivity index (χ2v) is 5.86. The number of pyridine rings is 1. The summed E-state index contributed by atoms with van der Waals surface area (Å²) in [5, 5.41) is 3.39. The fraction of sp³-hybridized carbons (Fsp3) is 0.625. The van der Waals surface area contributed by atoms with Crippen LogP contribution in [0.1, 0.15) is 19.3 Å². The van der Waals surface area contributed by atoms with E-state index in [1.807, 2.05) is 11.0 Å². The Bertz CT molecular complexity index is 489. The lowest BCUT2D eigenvalue weighted by Gasteiger charge is -2.45. The van der Waals surface area contributed by atoms with Gasteiger partial charge in [-0.2, -0.15) is 0 Å². The first-order valence-electron chi connectivity index (χ1n) is 7.92. The maximum atomic E-state index is 12.7. The van der Waals surface area contributed by atoms with Crippen LogP contribution in [0.3, 0.4) is 0 Å². The number of carbonyl (C=O) groups is 1. The number of amides is 1. The summed E-state index contributed by atoms with van der Waals surface area (Å²) in [6, 6.07) is 3.62. The minimum absolute atomic E-state index is 0.0504. The molecule has 2 aliphatic rings. The molecule has 0 aromatic carbocycles. The molecule has 2 fully saturated rings. The van der Waals surface area contributed by atoms with E-state index in [0.29, 0.717) is 5.75 Å². The highest BCUT2D eigenvalue weighted by atomic mass is 16.5. The van der Waals surface area contributed by atoms with Gasteiger partial charge in [-0.3, -0.25) is 9.78 Å². The molecule has 1 aromatic rings.